The first kappa shape index (κ1) is 27.1. The van der Waals surface area contributed by atoms with Crippen LogP contribution in [0.25, 0.3) is 0 Å². The second-order valence-electron chi connectivity index (χ2n) is 9.68. The van der Waals surface area contributed by atoms with Gasteiger partial charge in [-0.1, -0.05) is 48.9 Å². The van der Waals surface area contributed by atoms with Crippen molar-refractivity contribution in [2.45, 2.75) is 48.8 Å². The Labute approximate surface area is 225 Å². The number of carbonyl (C=O) groups excluding carboxylic acids is 1. The number of Topliss-reactive ketones (excluding diaryl/α,β-unsaturated/α-hetero) is 1. The highest BCUT2D eigenvalue weighted by Gasteiger charge is 2.29. The maximum Gasteiger partial charge on any atom is 0.206 e. The van der Waals surface area contributed by atoms with Crippen LogP contribution in [0.2, 0.25) is 0 Å². The second-order valence-corrected chi connectivity index (χ2v) is 11.6. The fraction of sp³-hybridized carbons (Fsp3) is 0.219. The lowest BCUT2D eigenvalue weighted by Crippen LogP contribution is -2.24. The molecule has 196 valence electrons. The zero-order chi connectivity index (χ0) is 27.3. The van der Waals surface area contributed by atoms with Crippen LogP contribution in [0.5, 0.6) is 17.2 Å². The van der Waals surface area contributed by atoms with E-state index in [-0.39, 0.29) is 21.0 Å². The molecule has 0 aliphatic carbocycles. The molecule has 4 aromatic carbocycles. The molecule has 38 heavy (non-hydrogen) atoms. The maximum absolute atomic E-state index is 13.0. The molecule has 0 amide bonds. The van der Waals surface area contributed by atoms with Crippen molar-refractivity contribution in [1.29, 1.82) is 0 Å². The van der Waals surface area contributed by atoms with E-state index in [1.165, 1.54) is 24.8 Å². The highest BCUT2D eigenvalue weighted by molar-refractivity contribution is 7.91. The molecule has 0 heterocycles. The largest absolute Gasteiger partial charge is 0.497 e. The molecular weight excluding hydrogens is 496 g/mol. The van der Waals surface area contributed by atoms with E-state index >= 15 is 0 Å². The van der Waals surface area contributed by atoms with Crippen molar-refractivity contribution in [2.75, 3.05) is 7.11 Å². The fourth-order valence-corrected chi connectivity index (χ4v) is 5.67. The van der Waals surface area contributed by atoms with Gasteiger partial charge in [0.2, 0.25) is 9.84 Å². The van der Waals surface area contributed by atoms with Gasteiger partial charge < -0.3 is 14.3 Å². The van der Waals surface area contributed by atoms with Crippen molar-refractivity contribution in [3.63, 3.8) is 0 Å². The first-order valence-corrected chi connectivity index (χ1v) is 13.9. The first-order chi connectivity index (χ1) is 18.1. The standard InChI is InChI=1S/C32H32O5S/c1-23-5-7-25(8-6-23)32(3,22-21-24(2)33)26-9-11-28(12-10-26)37-29-15-19-31(20-16-29)38(34,35)30-17-13-27(36-4)14-18-30/h5-20H,21-22H2,1-4H3. The van der Waals surface area contributed by atoms with Crippen LogP contribution >= 0.6 is 0 Å². The zero-order valence-electron chi connectivity index (χ0n) is 22.1. The molecule has 0 saturated heterocycles. The summed E-state index contributed by atoms with van der Waals surface area (Å²) in [6, 6.07) is 29.0. The molecule has 0 N–H and O–H groups in total. The van der Waals surface area contributed by atoms with E-state index < -0.39 is 9.84 Å². The summed E-state index contributed by atoms with van der Waals surface area (Å²) >= 11 is 0. The molecule has 0 saturated carbocycles. The van der Waals surface area contributed by atoms with Crippen LogP contribution in [0.4, 0.5) is 0 Å². The second kappa shape index (κ2) is 11.2. The minimum atomic E-state index is -3.65. The van der Waals surface area contributed by atoms with Crippen LogP contribution in [-0.4, -0.2) is 21.3 Å². The highest BCUT2D eigenvalue weighted by Crippen LogP contribution is 2.38. The summed E-state index contributed by atoms with van der Waals surface area (Å²) in [5.74, 6) is 1.93. The van der Waals surface area contributed by atoms with Crippen LogP contribution in [0.15, 0.2) is 107 Å². The Hall–Kier alpha value is -3.90. The molecule has 0 aromatic heterocycles. The van der Waals surface area contributed by atoms with Crippen LogP contribution < -0.4 is 9.47 Å². The van der Waals surface area contributed by atoms with E-state index in [1.807, 2.05) is 24.3 Å². The van der Waals surface area contributed by atoms with Crippen molar-refractivity contribution >= 4 is 15.6 Å². The Morgan fingerprint density at radius 1 is 0.711 bits per heavy atom. The van der Waals surface area contributed by atoms with E-state index in [9.17, 15) is 13.2 Å². The number of hydrogen-bond acceptors (Lipinski definition) is 5. The third-order valence-electron chi connectivity index (χ3n) is 6.90. The Balaban J connectivity index is 1.52. The average Bonchev–Trinajstić information content (AvgIpc) is 2.93. The fourth-order valence-electron chi connectivity index (χ4n) is 4.41. The van der Waals surface area contributed by atoms with Crippen molar-refractivity contribution in [3.05, 3.63) is 114 Å². The topological polar surface area (TPSA) is 69.7 Å². The summed E-state index contributed by atoms with van der Waals surface area (Å²) in [5.41, 5.74) is 3.12. The molecule has 0 radical (unpaired) electrons. The molecule has 6 heteroatoms. The molecule has 1 unspecified atom stereocenters. The molecular formula is C32H32O5S. The lowest BCUT2D eigenvalue weighted by molar-refractivity contribution is -0.117. The summed E-state index contributed by atoms with van der Waals surface area (Å²) in [6.07, 6.45) is 1.20. The number of sulfone groups is 1. The number of aryl methyl sites for hydroxylation is 1. The summed E-state index contributed by atoms with van der Waals surface area (Å²) in [7, 11) is -2.12. The minimum absolute atomic E-state index is 0.167. The number of rotatable bonds is 10. The SMILES string of the molecule is COc1ccc(S(=O)(=O)c2ccc(Oc3ccc(C(C)(CCC(C)=O)c4ccc(C)cc4)cc3)cc2)cc1. The van der Waals surface area contributed by atoms with Gasteiger partial charge in [-0.05, 0) is 92.1 Å². The van der Waals surface area contributed by atoms with E-state index in [0.717, 1.165) is 11.1 Å². The van der Waals surface area contributed by atoms with Crippen LogP contribution in [0.3, 0.4) is 0 Å². The van der Waals surface area contributed by atoms with E-state index in [4.69, 9.17) is 9.47 Å². The van der Waals surface area contributed by atoms with Crippen molar-refractivity contribution in [2.24, 2.45) is 0 Å². The summed E-state index contributed by atoms with van der Waals surface area (Å²) in [4.78, 5) is 12.2. The Morgan fingerprint density at radius 2 is 1.13 bits per heavy atom. The van der Waals surface area contributed by atoms with Gasteiger partial charge in [0, 0.05) is 11.8 Å². The quantitative estimate of drug-likeness (QED) is 0.216. The van der Waals surface area contributed by atoms with Crippen LogP contribution in [0, 0.1) is 6.92 Å². The smallest absolute Gasteiger partial charge is 0.206 e. The predicted molar refractivity (Wildman–Crippen MR) is 149 cm³/mol. The summed E-state index contributed by atoms with van der Waals surface area (Å²) in [6.45, 7) is 5.85. The number of benzene rings is 4. The zero-order valence-corrected chi connectivity index (χ0v) is 22.9. The number of hydrogen-bond donors (Lipinski definition) is 0. The molecule has 0 aliphatic rings. The molecule has 0 bridgehead atoms. The number of carbonyl (C=O) groups is 1. The summed E-state index contributed by atoms with van der Waals surface area (Å²) in [5, 5.41) is 0. The molecule has 0 aliphatic heterocycles. The van der Waals surface area contributed by atoms with Gasteiger partial charge in [-0.2, -0.15) is 0 Å². The highest BCUT2D eigenvalue weighted by atomic mass is 32.2. The van der Waals surface area contributed by atoms with Gasteiger partial charge in [0.15, 0.2) is 0 Å². The van der Waals surface area contributed by atoms with Gasteiger partial charge in [-0.25, -0.2) is 8.42 Å². The number of methoxy groups -OCH3 is 1. The van der Waals surface area contributed by atoms with E-state index in [2.05, 4.69) is 38.1 Å². The third kappa shape index (κ3) is 5.97. The van der Waals surface area contributed by atoms with Crippen molar-refractivity contribution in [1.82, 2.24) is 0 Å². The summed E-state index contributed by atoms with van der Waals surface area (Å²) < 4.78 is 37.0. The Morgan fingerprint density at radius 3 is 1.58 bits per heavy atom. The van der Waals surface area contributed by atoms with Crippen LogP contribution in [0.1, 0.15) is 43.4 Å². The van der Waals surface area contributed by atoms with Crippen molar-refractivity contribution in [3.8, 4) is 17.2 Å². The van der Waals surface area contributed by atoms with E-state index in [0.29, 0.717) is 30.1 Å². The molecule has 1 atom stereocenters. The lowest BCUT2D eigenvalue weighted by atomic mass is 9.72. The van der Waals surface area contributed by atoms with Gasteiger partial charge in [-0.3, -0.25) is 0 Å². The maximum atomic E-state index is 13.0. The first-order valence-electron chi connectivity index (χ1n) is 12.5. The molecule has 5 nitrogen and oxygen atoms in total. The monoisotopic (exact) mass is 528 g/mol. The molecule has 0 fully saturated rings. The average molecular weight is 529 g/mol. The van der Waals surface area contributed by atoms with Gasteiger partial charge in [0.1, 0.15) is 23.0 Å². The van der Waals surface area contributed by atoms with Gasteiger partial charge in [-0.15, -0.1) is 0 Å². The van der Waals surface area contributed by atoms with Crippen molar-refractivity contribution < 1.29 is 22.7 Å². The van der Waals surface area contributed by atoms with Crippen LogP contribution in [-0.2, 0) is 20.0 Å². The normalized spacial score (nSPS) is 12.9. The van der Waals surface area contributed by atoms with Gasteiger partial charge in [0.25, 0.3) is 0 Å². The minimum Gasteiger partial charge on any atom is -0.497 e. The molecule has 4 aromatic rings. The third-order valence-corrected chi connectivity index (χ3v) is 8.68. The van der Waals surface area contributed by atoms with Gasteiger partial charge >= 0.3 is 0 Å². The molecule has 0 spiro atoms. The van der Waals surface area contributed by atoms with E-state index in [1.54, 1.807) is 43.3 Å². The predicted octanol–water partition coefficient (Wildman–Crippen LogP) is 7.30. The van der Waals surface area contributed by atoms with Gasteiger partial charge in [0.05, 0.1) is 16.9 Å². The molecule has 4 rings (SSSR count). The lowest BCUT2D eigenvalue weighted by Gasteiger charge is -2.31. The number of ketones is 1. The number of ether oxygens (including phenoxy) is 2. The Bertz CT molecular complexity index is 1490. The Kier molecular flexibility index (Phi) is 8.02.